The first-order valence-corrected chi connectivity index (χ1v) is 11.6. The van der Waals surface area contributed by atoms with Gasteiger partial charge in [-0.15, -0.1) is 10.1 Å². The molecule has 0 saturated heterocycles. The topological polar surface area (TPSA) is 40.5 Å². The Balaban J connectivity index is 4.63. The van der Waals surface area contributed by atoms with Crippen molar-refractivity contribution in [2.75, 3.05) is 11.5 Å². The van der Waals surface area contributed by atoms with Gasteiger partial charge in [0, 0.05) is 0 Å². The molecule has 0 heterocycles. The van der Waals surface area contributed by atoms with Crippen LogP contribution in [-0.4, -0.2) is 21.3 Å². The number of hydrogen-bond donors (Lipinski definition) is 3. The normalized spacial score (nSPS) is 16.2. The van der Waals surface area contributed by atoms with Gasteiger partial charge in [-0.05, 0) is 29.8 Å². The Morgan fingerprint density at radius 2 is 1.76 bits per heavy atom. The van der Waals surface area contributed by atoms with Crippen LogP contribution in [0.15, 0.2) is 0 Å². The molecule has 0 aromatic rings. The Hall–Kier alpha value is 1.05. The van der Waals surface area contributed by atoms with E-state index in [4.69, 9.17) is 0 Å². The zero-order valence-corrected chi connectivity index (χ0v) is 14.2. The molecule has 0 aliphatic heterocycles. The van der Waals surface area contributed by atoms with Crippen LogP contribution in [0.4, 0.5) is 0 Å². The van der Waals surface area contributed by atoms with Gasteiger partial charge in [-0.3, -0.25) is 0 Å². The van der Waals surface area contributed by atoms with Crippen LogP contribution < -0.4 is 0 Å². The molecule has 0 aliphatic rings. The van der Waals surface area contributed by atoms with E-state index in [1.165, 1.54) is 19.3 Å². The van der Waals surface area contributed by atoms with Crippen molar-refractivity contribution >= 4 is 28.0 Å². The molecule has 0 rings (SSSR count). The SMILES string of the molecule is CCCCC(CC)CS(CC(C)C)=P(O)(O)S. The Morgan fingerprint density at radius 1 is 1.18 bits per heavy atom. The number of rotatable bonds is 8. The summed E-state index contributed by atoms with van der Waals surface area (Å²) in [6.07, 6.45) is 4.80. The zero-order chi connectivity index (χ0) is 13.5. The number of unbranched alkanes of at least 4 members (excludes halogenated alkanes) is 1. The molecule has 2 atom stereocenters. The average molecular weight is 300 g/mol. The molecular weight excluding hydrogens is 271 g/mol. The molecule has 0 fully saturated rings. The third kappa shape index (κ3) is 8.72. The maximum Gasteiger partial charge on any atom is 0.198 e. The van der Waals surface area contributed by atoms with Gasteiger partial charge in [-0.25, -0.2) is 0 Å². The monoisotopic (exact) mass is 300 g/mol. The van der Waals surface area contributed by atoms with Gasteiger partial charge < -0.3 is 9.79 Å². The lowest BCUT2D eigenvalue weighted by Crippen LogP contribution is -2.16. The minimum absolute atomic E-state index is 0.319. The molecule has 0 amide bonds. The highest BCUT2D eigenvalue weighted by Crippen LogP contribution is 2.48. The van der Waals surface area contributed by atoms with Gasteiger partial charge >= 0.3 is 0 Å². The van der Waals surface area contributed by atoms with Crippen LogP contribution in [0.2, 0.25) is 0 Å². The molecule has 2 unspecified atom stereocenters. The lowest BCUT2D eigenvalue weighted by Gasteiger charge is -2.23. The van der Waals surface area contributed by atoms with Crippen molar-refractivity contribution in [3.8, 4) is 0 Å². The molecule has 0 saturated carbocycles. The van der Waals surface area contributed by atoms with Gasteiger partial charge in [0.15, 0.2) is 5.69 Å². The molecule has 2 N–H and O–H groups in total. The van der Waals surface area contributed by atoms with Crippen LogP contribution in [0, 0.1) is 11.8 Å². The molecular formula is C12H29O2PS2. The summed E-state index contributed by atoms with van der Waals surface area (Å²) >= 11 is 4.06. The first kappa shape index (κ1) is 18.0. The first-order valence-electron chi connectivity index (χ1n) is 6.56. The fourth-order valence-corrected chi connectivity index (χ4v) is 8.00. The van der Waals surface area contributed by atoms with Gasteiger partial charge in [0.1, 0.15) is 0 Å². The van der Waals surface area contributed by atoms with Crippen molar-refractivity contribution in [1.29, 1.82) is 0 Å². The molecule has 0 aromatic carbocycles. The molecule has 0 aromatic heterocycles. The van der Waals surface area contributed by atoms with E-state index in [1.807, 2.05) is 0 Å². The molecule has 17 heavy (non-hydrogen) atoms. The smallest absolute Gasteiger partial charge is 0.198 e. The quantitative estimate of drug-likeness (QED) is 0.467. The van der Waals surface area contributed by atoms with E-state index >= 15 is 0 Å². The predicted molar refractivity (Wildman–Crippen MR) is 85.6 cm³/mol. The van der Waals surface area contributed by atoms with E-state index in [0.717, 1.165) is 17.9 Å². The average Bonchev–Trinajstić information content (AvgIpc) is 2.20. The summed E-state index contributed by atoms with van der Waals surface area (Å²) in [5.74, 6) is 2.97. The molecule has 2 nitrogen and oxygen atoms in total. The van der Waals surface area contributed by atoms with Crippen LogP contribution in [0.3, 0.4) is 0 Å². The Kier molecular flexibility index (Phi) is 9.59. The summed E-state index contributed by atoms with van der Waals surface area (Å²) in [6, 6.07) is 0. The van der Waals surface area contributed by atoms with Gasteiger partial charge in [0.2, 0.25) is 0 Å². The van der Waals surface area contributed by atoms with Crippen LogP contribution in [0.5, 0.6) is 0 Å². The van der Waals surface area contributed by atoms with E-state index < -0.39 is 5.69 Å². The largest absolute Gasteiger partial charge is 0.341 e. The van der Waals surface area contributed by atoms with E-state index in [2.05, 4.69) is 39.9 Å². The summed E-state index contributed by atoms with van der Waals surface area (Å²) < 4.78 is 0. The van der Waals surface area contributed by atoms with Gasteiger partial charge in [0.25, 0.3) is 0 Å². The summed E-state index contributed by atoms with van der Waals surface area (Å²) in [5, 5.41) is 0. The molecule has 106 valence electrons. The van der Waals surface area contributed by atoms with E-state index in [9.17, 15) is 9.79 Å². The maximum absolute atomic E-state index is 9.84. The predicted octanol–water partition coefficient (Wildman–Crippen LogP) is 4.07. The highest BCUT2D eigenvalue weighted by Gasteiger charge is 2.17. The zero-order valence-electron chi connectivity index (χ0n) is 11.6. The first-order chi connectivity index (χ1) is 7.81. The van der Waals surface area contributed by atoms with Gasteiger partial charge in [0.05, 0.1) is 0 Å². The minimum Gasteiger partial charge on any atom is -0.341 e. The fraction of sp³-hybridized carbons (Fsp3) is 1.00. The number of hydrogen-bond acceptors (Lipinski definition) is 0. The highest BCUT2D eigenvalue weighted by molar-refractivity contribution is 8.65. The Morgan fingerprint density at radius 3 is 2.12 bits per heavy atom. The third-order valence-electron chi connectivity index (χ3n) is 2.84. The lowest BCUT2D eigenvalue weighted by atomic mass is 10.0. The lowest BCUT2D eigenvalue weighted by molar-refractivity contribution is 0.492. The third-order valence-corrected chi connectivity index (χ3v) is 10.5. The summed E-state index contributed by atoms with van der Waals surface area (Å²) in [4.78, 5) is 19.7. The highest BCUT2D eigenvalue weighted by atomic mass is 32.9. The Labute approximate surface area is 114 Å². The number of thiol groups is 1. The molecule has 0 aliphatic carbocycles. The van der Waals surface area contributed by atoms with Crippen molar-refractivity contribution in [3.05, 3.63) is 0 Å². The van der Waals surface area contributed by atoms with Crippen molar-refractivity contribution < 1.29 is 9.79 Å². The van der Waals surface area contributed by atoms with Crippen LogP contribution in [0.25, 0.3) is 0 Å². The minimum atomic E-state index is -2.96. The standard InChI is InChI=1S/C12H29O2PS2/c1-5-7-8-12(6-2)10-17(9-11(3)4)15(13,14)16/h11-14,16H,5-10H2,1-4H3. The van der Waals surface area contributed by atoms with Crippen LogP contribution >= 0.6 is 17.9 Å². The van der Waals surface area contributed by atoms with Crippen molar-refractivity contribution in [3.63, 3.8) is 0 Å². The van der Waals surface area contributed by atoms with E-state index in [1.54, 1.807) is 0 Å². The molecule has 0 spiro atoms. The maximum atomic E-state index is 9.84. The summed E-state index contributed by atoms with van der Waals surface area (Å²) in [5.41, 5.74) is -2.96. The second-order valence-electron chi connectivity index (χ2n) is 5.12. The van der Waals surface area contributed by atoms with Crippen molar-refractivity contribution in [1.82, 2.24) is 0 Å². The van der Waals surface area contributed by atoms with Crippen LogP contribution in [-0.2, 0) is 10.1 Å². The molecule has 5 heteroatoms. The summed E-state index contributed by atoms with van der Waals surface area (Å²) in [7, 11) is -0.319. The van der Waals surface area contributed by atoms with E-state index in [0.29, 0.717) is 11.8 Å². The Bertz CT molecular complexity index is 253. The van der Waals surface area contributed by atoms with Gasteiger partial charge in [-0.2, -0.15) is 0 Å². The second-order valence-corrected chi connectivity index (χ2v) is 13.3. The fourth-order valence-electron chi connectivity index (χ4n) is 1.82. The molecule has 0 radical (unpaired) electrons. The van der Waals surface area contributed by atoms with Crippen molar-refractivity contribution in [2.45, 2.75) is 53.4 Å². The summed E-state index contributed by atoms with van der Waals surface area (Å²) in [6.45, 7) is 8.67. The van der Waals surface area contributed by atoms with Crippen molar-refractivity contribution in [2.24, 2.45) is 11.8 Å². The van der Waals surface area contributed by atoms with Crippen LogP contribution in [0.1, 0.15) is 53.4 Å². The van der Waals surface area contributed by atoms with E-state index in [-0.39, 0.29) is 10.1 Å². The van der Waals surface area contributed by atoms with Gasteiger partial charge in [-0.1, -0.05) is 59.2 Å². The second kappa shape index (κ2) is 9.03. The molecule has 0 bridgehead atoms.